The first kappa shape index (κ1) is 10.7. The molecule has 0 aromatic heterocycles. The number of nitriles is 1. The van der Waals surface area contributed by atoms with Crippen LogP contribution < -0.4 is 9.47 Å². The number of ether oxygens (including phenoxy) is 2. The van der Waals surface area contributed by atoms with Gasteiger partial charge in [-0.1, -0.05) is 0 Å². The van der Waals surface area contributed by atoms with E-state index in [1.807, 2.05) is 6.07 Å². The third-order valence-electron chi connectivity index (χ3n) is 1.59. The summed E-state index contributed by atoms with van der Waals surface area (Å²) in [6, 6.07) is 7.04. The van der Waals surface area contributed by atoms with Crippen LogP contribution in [-0.2, 0) is 0 Å². The van der Waals surface area contributed by atoms with Crippen molar-refractivity contribution >= 4 is 11.6 Å². The Morgan fingerprint density at radius 2 is 2.07 bits per heavy atom. The first-order valence-electron chi connectivity index (χ1n) is 4.08. The Morgan fingerprint density at radius 1 is 1.36 bits per heavy atom. The SMILES string of the molecule is COc1cc(C#N)cc(OCCCl)c1. The van der Waals surface area contributed by atoms with E-state index in [1.54, 1.807) is 25.3 Å². The molecule has 0 spiro atoms. The standard InChI is InChI=1S/C10H10ClNO2/c1-13-9-4-8(7-12)5-10(6-9)14-3-2-11/h4-6H,2-3H2,1H3. The third kappa shape index (κ3) is 2.82. The van der Waals surface area contributed by atoms with Crippen molar-refractivity contribution in [2.75, 3.05) is 19.6 Å². The van der Waals surface area contributed by atoms with Crippen LogP contribution in [-0.4, -0.2) is 19.6 Å². The van der Waals surface area contributed by atoms with Crippen molar-refractivity contribution in [3.63, 3.8) is 0 Å². The number of alkyl halides is 1. The number of methoxy groups -OCH3 is 1. The molecule has 0 aliphatic carbocycles. The van der Waals surface area contributed by atoms with Gasteiger partial charge in [0.2, 0.25) is 0 Å². The summed E-state index contributed by atoms with van der Waals surface area (Å²) >= 11 is 5.48. The number of rotatable bonds is 4. The highest BCUT2D eigenvalue weighted by molar-refractivity contribution is 6.18. The summed E-state index contributed by atoms with van der Waals surface area (Å²) in [6.07, 6.45) is 0. The summed E-state index contributed by atoms with van der Waals surface area (Å²) in [5.41, 5.74) is 0.508. The fourth-order valence-electron chi connectivity index (χ4n) is 0.994. The molecule has 0 bridgehead atoms. The van der Waals surface area contributed by atoms with Gasteiger partial charge in [-0.25, -0.2) is 0 Å². The normalized spacial score (nSPS) is 9.21. The molecule has 1 aromatic rings. The predicted octanol–water partition coefficient (Wildman–Crippen LogP) is 2.18. The molecule has 1 rings (SSSR count). The number of benzene rings is 1. The van der Waals surface area contributed by atoms with E-state index in [9.17, 15) is 0 Å². The minimum absolute atomic E-state index is 0.416. The minimum atomic E-state index is 0.416. The monoisotopic (exact) mass is 211 g/mol. The zero-order valence-electron chi connectivity index (χ0n) is 7.79. The lowest BCUT2D eigenvalue weighted by Gasteiger charge is -2.06. The maximum atomic E-state index is 8.72. The second-order valence-corrected chi connectivity index (χ2v) is 2.92. The van der Waals surface area contributed by atoms with Crippen molar-refractivity contribution in [3.8, 4) is 17.6 Å². The van der Waals surface area contributed by atoms with E-state index in [1.165, 1.54) is 0 Å². The summed E-state index contributed by atoms with van der Waals surface area (Å²) in [5, 5.41) is 8.72. The maximum Gasteiger partial charge on any atom is 0.124 e. The minimum Gasteiger partial charge on any atom is -0.497 e. The van der Waals surface area contributed by atoms with Gasteiger partial charge in [-0.2, -0.15) is 5.26 Å². The van der Waals surface area contributed by atoms with E-state index < -0.39 is 0 Å². The van der Waals surface area contributed by atoms with E-state index in [2.05, 4.69) is 0 Å². The molecule has 0 N–H and O–H groups in total. The van der Waals surface area contributed by atoms with E-state index in [4.69, 9.17) is 26.3 Å². The molecule has 0 atom stereocenters. The van der Waals surface area contributed by atoms with Crippen LogP contribution in [0.25, 0.3) is 0 Å². The first-order chi connectivity index (χ1) is 6.80. The van der Waals surface area contributed by atoms with E-state index in [-0.39, 0.29) is 0 Å². The largest absolute Gasteiger partial charge is 0.497 e. The van der Waals surface area contributed by atoms with Crippen LogP contribution in [0, 0.1) is 11.3 Å². The molecule has 4 heteroatoms. The molecular formula is C10H10ClNO2. The average molecular weight is 212 g/mol. The molecule has 0 unspecified atom stereocenters. The topological polar surface area (TPSA) is 42.2 Å². The van der Waals surface area contributed by atoms with Crippen molar-refractivity contribution in [2.24, 2.45) is 0 Å². The second-order valence-electron chi connectivity index (χ2n) is 2.55. The Labute approximate surface area is 87.8 Å². The highest BCUT2D eigenvalue weighted by Crippen LogP contribution is 2.22. The van der Waals surface area contributed by atoms with Gasteiger partial charge in [0.15, 0.2) is 0 Å². The molecule has 1 aromatic carbocycles. The Morgan fingerprint density at radius 3 is 2.64 bits per heavy atom. The summed E-state index contributed by atoms with van der Waals surface area (Å²) in [7, 11) is 1.54. The predicted molar refractivity (Wildman–Crippen MR) is 53.9 cm³/mol. The van der Waals surface area contributed by atoms with Gasteiger partial charge in [0, 0.05) is 6.07 Å². The van der Waals surface area contributed by atoms with Crippen LogP contribution in [0.1, 0.15) is 5.56 Å². The second kappa shape index (κ2) is 5.36. The zero-order chi connectivity index (χ0) is 10.4. The number of nitrogens with zero attached hydrogens (tertiary/aromatic N) is 1. The van der Waals surface area contributed by atoms with Gasteiger partial charge in [-0.05, 0) is 12.1 Å². The van der Waals surface area contributed by atoms with Crippen molar-refractivity contribution in [1.82, 2.24) is 0 Å². The van der Waals surface area contributed by atoms with Crippen LogP contribution in [0.5, 0.6) is 11.5 Å². The Balaban J connectivity index is 2.88. The van der Waals surface area contributed by atoms with Gasteiger partial charge < -0.3 is 9.47 Å². The summed E-state index contributed by atoms with van der Waals surface area (Å²) in [6.45, 7) is 0.416. The zero-order valence-corrected chi connectivity index (χ0v) is 8.54. The highest BCUT2D eigenvalue weighted by Gasteiger charge is 2.01. The van der Waals surface area contributed by atoms with Gasteiger partial charge in [-0.15, -0.1) is 11.6 Å². The molecular weight excluding hydrogens is 202 g/mol. The molecule has 0 amide bonds. The van der Waals surface area contributed by atoms with Crippen molar-refractivity contribution in [1.29, 1.82) is 5.26 Å². The van der Waals surface area contributed by atoms with E-state index in [0.717, 1.165) is 0 Å². The van der Waals surface area contributed by atoms with Crippen LogP contribution in [0.3, 0.4) is 0 Å². The van der Waals surface area contributed by atoms with Crippen LogP contribution in [0.4, 0.5) is 0 Å². The lowest BCUT2D eigenvalue weighted by Crippen LogP contribution is -1.98. The molecule has 0 saturated heterocycles. The summed E-state index contributed by atoms with van der Waals surface area (Å²) < 4.78 is 10.3. The molecule has 0 fully saturated rings. The fourth-order valence-corrected chi connectivity index (χ4v) is 1.07. The molecule has 3 nitrogen and oxygen atoms in total. The first-order valence-corrected chi connectivity index (χ1v) is 4.61. The van der Waals surface area contributed by atoms with Crippen molar-refractivity contribution in [2.45, 2.75) is 0 Å². The summed E-state index contributed by atoms with van der Waals surface area (Å²) in [4.78, 5) is 0. The van der Waals surface area contributed by atoms with E-state index in [0.29, 0.717) is 29.5 Å². The van der Waals surface area contributed by atoms with Gasteiger partial charge in [0.05, 0.1) is 24.6 Å². The number of hydrogen-bond acceptors (Lipinski definition) is 3. The maximum absolute atomic E-state index is 8.72. The average Bonchev–Trinajstić information content (AvgIpc) is 2.25. The molecule has 0 aliphatic rings. The quantitative estimate of drug-likeness (QED) is 0.717. The Bertz CT molecular complexity index is 346. The molecule has 0 aliphatic heterocycles. The van der Waals surface area contributed by atoms with Gasteiger partial charge in [0.25, 0.3) is 0 Å². The molecule has 0 saturated carbocycles. The van der Waals surface area contributed by atoms with Crippen molar-refractivity contribution < 1.29 is 9.47 Å². The third-order valence-corrected chi connectivity index (χ3v) is 1.75. The van der Waals surface area contributed by atoms with Crippen molar-refractivity contribution in [3.05, 3.63) is 23.8 Å². The lowest BCUT2D eigenvalue weighted by molar-refractivity contribution is 0.338. The smallest absolute Gasteiger partial charge is 0.124 e. The summed E-state index contributed by atoms with van der Waals surface area (Å²) in [5.74, 6) is 1.62. The number of halogens is 1. The van der Waals surface area contributed by atoms with Gasteiger partial charge in [-0.3, -0.25) is 0 Å². The number of hydrogen-bond donors (Lipinski definition) is 0. The molecule has 74 valence electrons. The van der Waals surface area contributed by atoms with Gasteiger partial charge >= 0.3 is 0 Å². The molecule has 0 heterocycles. The molecule has 14 heavy (non-hydrogen) atoms. The Hall–Kier alpha value is -1.40. The fraction of sp³-hybridized carbons (Fsp3) is 0.300. The van der Waals surface area contributed by atoms with Crippen LogP contribution in [0.15, 0.2) is 18.2 Å². The van der Waals surface area contributed by atoms with Gasteiger partial charge in [0.1, 0.15) is 18.1 Å². The lowest BCUT2D eigenvalue weighted by atomic mass is 10.2. The van der Waals surface area contributed by atoms with Crippen LogP contribution in [0.2, 0.25) is 0 Å². The Kier molecular flexibility index (Phi) is 4.09. The van der Waals surface area contributed by atoms with E-state index >= 15 is 0 Å². The van der Waals surface area contributed by atoms with Crippen LogP contribution >= 0.6 is 11.6 Å². The highest BCUT2D eigenvalue weighted by atomic mass is 35.5. The molecule has 0 radical (unpaired) electrons.